The molecule has 2 aromatic rings. The average Bonchev–Trinajstić information content (AvgIpc) is 2.19. The summed E-state index contributed by atoms with van der Waals surface area (Å²) in [5.41, 5.74) is 1.69. The van der Waals surface area contributed by atoms with Gasteiger partial charge in [-0.15, -0.1) is 0 Å². The third kappa shape index (κ3) is 1.45. The van der Waals surface area contributed by atoms with Crippen LogP contribution in [-0.4, -0.2) is 16.6 Å². The molecule has 2 aromatic heterocycles. The molecule has 0 unspecified atom stereocenters. The molecular formula is C10H10N2O. The lowest BCUT2D eigenvalue weighted by atomic mass is 10.3. The lowest BCUT2D eigenvalue weighted by molar-refractivity contribution is 0.343. The summed E-state index contributed by atoms with van der Waals surface area (Å²) in [4.78, 5) is 8.39. The summed E-state index contributed by atoms with van der Waals surface area (Å²) in [7, 11) is 0. The summed E-state index contributed by atoms with van der Waals surface area (Å²) in [5, 5.41) is 0. The molecule has 0 aromatic carbocycles. The van der Waals surface area contributed by atoms with Crippen LogP contribution in [0.1, 0.15) is 6.92 Å². The fourth-order valence-corrected chi connectivity index (χ4v) is 1.23. The van der Waals surface area contributed by atoms with E-state index < -0.39 is 0 Å². The molecule has 0 saturated carbocycles. The van der Waals surface area contributed by atoms with Crippen LogP contribution < -0.4 is 4.74 Å². The summed E-state index contributed by atoms with van der Waals surface area (Å²) in [5.74, 6) is 0.799. The zero-order valence-corrected chi connectivity index (χ0v) is 7.40. The number of hydrogen-bond acceptors (Lipinski definition) is 3. The molecule has 0 spiro atoms. The van der Waals surface area contributed by atoms with Crippen LogP contribution in [0.15, 0.2) is 30.6 Å². The fourth-order valence-electron chi connectivity index (χ4n) is 1.23. The van der Waals surface area contributed by atoms with Crippen LogP contribution in [0.5, 0.6) is 5.75 Å². The SMILES string of the molecule is CCOc1ccnc2cccnc12. The molecule has 0 amide bonds. The van der Waals surface area contributed by atoms with Crippen molar-refractivity contribution in [1.29, 1.82) is 0 Å². The van der Waals surface area contributed by atoms with E-state index in [-0.39, 0.29) is 0 Å². The van der Waals surface area contributed by atoms with E-state index in [0.29, 0.717) is 6.61 Å². The highest BCUT2D eigenvalue weighted by Crippen LogP contribution is 2.20. The Morgan fingerprint density at radius 1 is 1.23 bits per heavy atom. The number of aromatic nitrogens is 2. The van der Waals surface area contributed by atoms with E-state index in [2.05, 4.69) is 9.97 Å². The minimum atomic E-state index is 0.648. The molecule has 0 aliphatic heterocycles. The van der Waals surface area contributed by atoms with E-state index in [1.165, 1.54) is 0 Å². The minimum Gasteiger partial charge on any atom is -0.491 e. The number of fused-ring (bicyclic) bond motifs is 1. The smallest absolute Gasteiger partial charge is 0.148 e. The van der Waals surface area contributed by atoms with E-state index in [4.69, 9.17) is 4.74 Å². The summed E-state index contributed by atoms with van der Waals surface area (Å²) in [6, 6.07) is 5.62. The van der Waals surface area contributed by atoms with Gasteiger partial charge in [0.05, 0.1) is 12.1 Å². The van der Waals surface area contributed by atoms with Gasteiger partial charge in [-0.2, -0.15) is 0 Å². The Kier molecular flexibility index (Phi) is 2.08. The second-order valence-corrected chi connectivity index (χ2v) is 2.61. The van der Waals surface area contributed by atoms with Gasteiger partial charge in [-0.3, -0.25) is 9.97 Å². The fraction of sp³-hybridized carbons (Fsp3) is 0.200. The van der Waals surface area contributed by atoms with Crippen molar-refractivity contribution in [2.45, 2.75) is 6.92 Å². The predicted molar refractivity (Wildman–Crippen MR) is 50.7 cm³/mol. The number of pyridine rings is 2. The molecule has 66 valence electrons. The third-order valence-corrected chi connectivity index (χ3v) is 1.76. The van der Waals surface area contributed by atoms with Crippen LogP contribution in [0.25, 0.3) is 11.0 Å². The van der Waals surface area contributed by atoms with Gasteiger partial charge in [-0.1, -0.05) is 0 Å². The van der Waals surface area contributed by atoms with Crippen molar-refractivity contribution in [1.82, 2.24) is 9.97 Å². The van der Waals surface area contributed by atoms with Crippen LogP contribution in [0.2, 0.25) is 0 Å². The maximum atomic E-state index is 5.42. The lowest BCUT2D eigenvalue weighted by Gasteiger charge is -2.04. The normalized spacial score (nSPS) is 10.2. The first kappa shape index (κ1) is 7.98. The molecule has 2 heterocycles. The highest BCUT2D eigenvalue weighted by Gasteiger charge is 2.01. The van der Waals surface area contributed by atoms with Crippen molar-refractivity contribution < 1.29 is 4.74 Å². The molecular weight excluding hydrogens is 164 g/mol. The van der Waals surface area contributed by atoms with Gasteiger partial charge in [0.1, 0.15) is 11.3 Å². The second kappa shape index (κ2) is 3.39. The molecule has 0 fully saturated rings. The van der Waals surface area contributed by atoms with Crippen molar-refractivity contribution >= 4 is 11.0 Å². The van der Waals surface area contributed by atoms with Crippen LogP contribution in [0, 0.1) is 0 Å². The molecule has 0 bridgehead atoms. The van der Waals surface area contributed by atoms with Crippen molar-refractivity contribution in [2.75, 3.05) is 6.61 Å². The van der Waals surface area contributed by atoms with Crippen LogP contribution >= 0.6 is 0 Å². The molecule has 3 nitrogen and oxygen atoms in total. The average molecular weight is 174 g/mol. The zero-order valence-electron chi connectivity index (χ0n) is 7.40. The highest BCUT2D eigenvalue weighted by atomic mass is 16.5. The van der Waals surface area contributed by atoms with Gasteiger partial charge >= 0.3 is 0 Å². The number of hydrogen-bond donors (Lipinski definition) is 0. The first-order valence-corrected chi connectivity index (χ1v) is 4.24. The summed E-state index contributed by atoms with van der Waals surface area (Å²) < 4.78 is 5.42. The molecule has 0 saturated heterocycles. The monoisotopic (exact) mass is 174 g/mol. The van der Waals surface area contributed by atoms with E-state index in [9.17, 15) is 0 Å². The molecule has 0 aliphatic carbocycles. The third-order valence-electron chi connectivity index (χ3n) is 1.76. The van der Waals surface area contributed by atoms with E-state index in [1.54, 1.807) is 12.4 Å². The first-order valence-electron chi connectivity index (χ1n) is 4.24. The highest BCUT2D eigenvalue weighted by molar-refractivity contribution is 5.80. The van der Waals surface area contributed by atoms with Gasteiger partial charge in [0.25, 0.3) is 0 Å². The summed E-state index contributed by atoms with van der Waals surface area (Å²) >= 11 is 0. The molecule has 0 N–H and O–H groups in total. The number of nitrogens with zero attached hydrogens (tertiary/aromatic N) is 2. The van der Waals surface area contributed by atoms with Gasteiger partial charge in [-0.05, 0) is 19.1 Å². The van der Waals surface area contributed by atoms with Gasteiger partial charge in [0.2, 0.25) is 0 Å². The first-order chi connectivity index (χ1) is 6.42. The molecule has 0 atom stereocenters. The Bertz CT molecular complexity index is 409. The molecule has 2 rings (SSSR count). The summed E-state index contributed by atoms with van der Waals surface area (Å²) in [6.07, 6.45) is 3.47. The van der Waals surface area contributed by atoms with Gasteiger partial charge in [-0.25, -0.2) is 0 Å². The Balaban J connectivity index is 2.61. The van der Waals surface area contributed by atoms with E-state index in [0.717, 1.165) is 16.8 Å². The van der Waals surface area contributed by atoms with E-state index >= 15 is 0 Å². The molecule has 0 radical (unpaired) electrons. The van der Waals surface area contributed by atoms with Crippen molar-refractivity contribution in [3.63, 3.8) is 0 Å². The minimum absolute atomic E-state index is 0.648. The largest absolute Gasteiger partial charge is 0.491 e. The quantitative estimate of drug-likeness (QED) is 0.698. The predicted octanol–water partition coefficient (Wildman–Crippen LogP) is 2.03. The van der Waals surface area contributed by atoms with Crippen LogP contribution in [0.4, 0.5) is 0 Å². The number of ether oxygens (including phenoxy) is 1. The van der Waals surface area contributed by atoms with Gasteiger partial charge in [0, 0.05) is 18.5 Å². The van der Waals surface area contributed by atoms with E-state index in [1.807, 2.05) is 25.1 Å². The maximum absolute atomic E-state index is 5.42. The number of rotatable bonds is 2. The van der Waals surface area contributed by atoms with Crippen molar-refractivity contribution in [3.8, 4) is 5.75 Å². The Morgan fingerprint density at radius 3 is 3.00 bits per heavy atom. The standard InChI is InChI=1S/C10H10N2O/c1-2-13-9-5-7-11-8-4-3-6-12-10(8)9/h3-7H,2H2,1H3. The van der Waals surface area contributed by atoms with Crippen LogP contribution in [-0.2, 0) is 0 Å². The lowest BCUT2D eigenvalue weighted by Crippen LogP contribution is -1.94. The molecule has 13 heavy (non-hydrogen) atoms. The maximum Gasteiger partial charge on any atom is 0.148 e. The van der Waals surface area contributed by atoms with Crippen LogP contribution in [0.3, 0.4) is 0 Å². The van der Waals surface area contributed by atoms with Crippen molar-refractivity contribution in [3.05, 3.63) is 30.6 Å². The molecule has 3 heteroatoms. The molecule has 0 aliphatic rings. The zero-order chi connectivity index (χ0) is 9.10. The van der Waals surface area contributed by atoms with Gasteiger partial charge in [0.15, 0.2) is 0 Å². The van der Waals surface area contributed by atoms with Crippen molar-refractivity contribution in [2.24, 2.45) is 0 Å². The Morgan fingerprint density at radius 2 is 2.15 bits per heavy atom. The second-order valence-electron chi connectivity index (χ2n) is 2.61. The van der Waals surface area contributed by atoms with Gasteiger partial charge < -0.3 is 4.74 Å². The summed E-state index contributed by atoms with van der Waals surface area (Å²) in [6.45, 7) is 2.60. The Hall–Kier alpha value is -1.64. The topological polar surface area (TPSA) is 35.0 Å². The Labute approximate surface area is 76.4 Å².